The van der Waals surface area contributed by atoms with E-state index in [-0.39, 0.29) is 5.91 Å². The zero-order valence-corrected chi connectivity index (χ0v) is 14.4. The van der Waals surface area contributed by atoms with Crippen molar-refractivity contribution in [2.24, 2.45) is 0 Å². The summed E-state index contributed by atoms with van der Waals surface area (Å²) >= 11 is 5.88. The first kappa shape index (κ1) is 17.0. The highest BCUT2D eigenvalue weighted by molar-refractivity contribution is 6.30. The van der Waals surface area contributed by atoms with Gasteiger partial charge in [-0.2, -0.15) is 5.10 Å². The van der Waals surface area contributed by atoms with E-state index in [0.29, 0.717) is 17.1 Å². The number of benzene rings is 2. The van der Waals surface area contributed by atoms with Gasteiger partial charge in [-0.05, 0) is 42.8 Å². The minimum Gasteiger partial charge on any atom is -0.385 e. The van der Waals surface area contributed by atoms with Gasteiger partial charge in [-0.1, -0.05) is 29.8 Å². The molecule has 2 N–H and O–H groups in total. The Bertz CT molecular complexity index is 815. The molecule has 0 spiro atoms. The summed E-state index contributed by atoms with van der Waals surface area (Å²) in [7, 11) is 0. The Morgan fingerprint density at radius 1 is 1.04 bits per heavy atom. The maximum atomic E-state index is 12.2. The van der Waals surface area contributed by atoms with Gasteiger partial charge in [-0.25, -0.2) is 4.68 Å². The molecule has 1 amide bonds. The molecule has 0 saturated heterocycles. The molecule has 0 aliphatic rings. The molecular formula is C19H19ClN4O. The van der Waals surface area contributed by atoms with Gasteiger partial charge in [0.15, 0.2) is 0 Å². The van der Waals surface area contributed by atoms with Crippen molar-refractivity contribution in [3.63, 3.8) is 0 Å². The Hall–Kier alpha value is -2.79. The van der Waals surface area contributed by atoms with Gasteiger partial charge >= 0.3 is 0 Å². The third-order valence-corrected chi connectivity index (χ3v) is 3.93. The van der Waals surface area contributed by atoms with Gasteiger partial charge in [-0.15, -0.1) is 0 Å². The zero-order valence-electron chi connectivity index (χ0n) is 13.7. The van der Waals surface area contributed by atoms with E-state index in [1.165, 1.54) is 0 Å². The largest absolute Gasteiger partial charge is 0.385 e. The lowest BCUT2D eigenvalue weighted by Gasteiger charge is -2.06. The van der Waals surface area contributed by atoms with Gasteiger partial charge in [0, 0.05) is 30.0 Å². The molecular weight excluding hydrogens is 336 g/mol. The fourth-order valence-corrected chi connectivity index (χ4v) is 2.48. The van der Waals surface area contributed by atoms with Crippen LogP contribution in [0.15, 0.2) is 67.0 Å². The van der Waals surface area contributed by atoms with Gasteiger partial charge in [0.2, 0.25) is 0 Å². The number of amides is 1. The van der Waals surface area contributed by atoms with Gasteiger partial charge in [-0.3, -0.25) is 4.79 Å². The molecule has 1 aromatic heterocycles. The van der Waals surface area contributed by atoms with Crippen molar-refractivity contribution in [2.75, 3.05) is 18.4 Å². The van der Waals surface area contributed by atoms with Crippen molar-refractivity contribution in [3.05, 3.63) is 77.6 Å². The van der Waals surface area contributed by atoms with Crippen molar-refractivity contribution in [1.82, 2.24) is 15.1 Å². The van der Waals surface area contributed by atoms with Crippen LogP contribution < -0.4 is 10.6 Å². The Kier molecular flexibility index (Phi) is 5.69. The summed E-state index contributed by atoms with van der Waals surface area (Å²) in [4.78, 5) is 12.2. The van der Waals surface area contributed by atoms with Crippen LogP contribution >= 0.6 is 11.6 Å². The number of aromatic nitrogens is 2. The summed E-state index contributed by atoms with van der Waals surface area (Å²) in [5.41, 5.74) is 2.47. The summed E-state index contributed by atoms with van der Waals surface area (Å²) in [6.45, 7) is 1.40. The zero-order chi connectivity index (χ0) is 17.5. The van der Waals surface area contributed by atoms with Crippen LogP contribution in [0.5, 0.6) is 0 Å². The van der Waals surface area contributed by atoms with Crippen LogP contribution in [-0.4, -0.2) is 28.8 Å². The number of carbonyl (C=O) groups is 1. The van der Waals surface area contributed by atoms with Crippen molar-refractivity contribution >= 4 is 23.2 Å². The molecule has 0 unspecified atom stereocenters. The summed E-state index contributed by atoms with van der Waals surface area (Å²) in [6, 6.07) is 17.3. The predicted octanol–water partition coefficient (Wildman–Crippen LogP) is 3.76. The van der Waals surface area contributed by atoms with E-state index in [9.17, 15) is 4.79 Å². The van der Waals surface area contributed by atoms with Crippen LogP contribution in [0.3, 0.4) is 0 Å². The summed E-state index contributed by atoms with van der Waals surface area (Å²) < 4.78 is 1.65. The number of carbonyl (C=O) groups excluding carboxylic acids is 1. The standard InChI is InChI=1S/C19H19ClN4O/c20-16-7-9-18(10-8-16)24-14-15(13-23-24)19(25)22-12-4-11-21-17-5-2-1-3-6-17/h1-3,5-10,13-14,21H,4,11-12H2,(H,22,25). The van der Waals surface area contributed by atoms with Gasteiger partial charge < -0.3 is 10.6 Å². The molecule has 0 aliphatic carbocycles. The highest BCUT2D eigenvalue weighted by Gasteiger charge is 2.08. The average molecular weight is 355 g/mol. The van der Waals surface area contributed by atoms with Crippen LogP contribution in [0, 0.1) is 0 Å². The molecule has 2 aromatic carbocycles. The molecule has 0 atom stereocenters. The molecule has 0 saturated carbocycles. The Morgan fingerprint density at radius 2 is 1.80 bits per heavy atom. The summed E-state index contributed by atoms with van der Waals surface area (Å²) in [6.07, 6.45) is 4.11. The topological polar surface area (TPSA) is 59.0 Å². The minimum atomic E-state index is -0.125. The molecule has 0 radical (unpaired) electrons. The number of hydrogen-bond acceptors (Lipinski definition) is 3. The molecule has 5 nitrogen and oxygen atoms in total. The van der Waals surface area contributed by atoms with E-state index in [1.807, 2.05) is 42.5 Å². The summed E-state index contributed by atoms with van der Waals surface area (Å²) in [5, 5.41) is 11.1. The van der Waals surface area contributed by atoms with Crippen LogP contribution in [0.25, 0.3) is 5.69 Å². The highest BCUT2D eigenvalue weighted by atomic mass is 35.5. The molecule has 25 heavy (non-hydrogen) atoms. The molecule has 0 fully saturated rings. The quantitative estimate of drug-likeness (QED) is 0.635. The number of nitrogens with zero attached hydrogens (tertiary/aromatic N) is 2. The van der Waals surface area contributed by atoms with E-state index in [0.717, 1.165) is 24.3 Å². The third kappa shape index (κ3) is 4.84. The maximum Gasteiger partial charge on any atom is 0.254 e. The van der Waals surface area contributed by atoms with Gasteiger partial charge in [0.25, 0.3) is 5.91 Å². The average Bonchev–Trinajstić information content (AvgIpc) is 3.13. The third-order valence-electron chi connectivity index (χ3n) is 3.68. The second-order valence-corrected chi connectivity index (χ2v) is 5.99. The number of hydrogen-bond donors (Lipinski definition) is 2. The second kappa shape index (κ2) is 8.35. The van der Waals surface area contributed by atoms with E-state index in [1.54, 1.807) is 29.2 Å². The highest BCUT2D eigenvalue weighted by Crippen LogP contribution is 2.13. The van der Waals surface area contributed by atoms with Crippen molar-refractivity contribution in [3.8, 4) is 5.69 Å². The van der Waals surface area contributed by atoms with Crippen LogP contribution in [0.2, 0.25) is 5.02 Å². The summed E-state index contributed by atoms with van der Waals surface area (Å²) in [5.74, 6) is -0.125. The van der Waals surface area contributed by atoms with Crippen molar-refractivity contribution in [2.45, 2.75) is 6.42 Å². The van der Waals surface area contributed by atoms with Crippen LogP contribution in [0.4, 0.5) is 5.69 Å². The molecule has 3 rings (SSSR count). The first-order valence-corrected chi connectivity index (χ1v) is 8.48. The first-order chi connectivity index (χ1) is 12.2. The monoisotopic (exact) mass is 354 g/mol. The van der Waals surface area contributed by atoms with E-state index >= 15 is 0 Å². The SMILES string of the molecule is O=C(NCCCNc1ccccc1)c1cnn(-c2ccc(Cl)cc2)c1. The van der Waals surface area contributed by atoms with E-state index in [2.05, 4.69) is 15.7 Å². The molecule has 0 aliphatic heterocycles. The Labute approximate surface area is 151 Å². The molecule has 128 valence electrons. The Morgan fingerprint density at radius 3 is 2.56 bits per heavy atom. The Balaban J connectivity index is 1.45. The predicted molar refractivity (Wildman–Crippen MR) is 100 cm³/mol. The van der Waals surface area contributed by atoms with Gasteiger partial charge in [0.05, 0.1) is 17.4 Å². The molecule has 3 aromatic rings. The van der Waals surface area contributed by atoms with E-state index in [4.69, 9.17) is 11.6 Å². The fraction of sp³-hybridized carbons (Fsp3) is 0.158. The number of nitrogens with one attached hydrogen (secondary N) is 2. The lowest BCUT2D eigenvalue weighted by Crippen LogP contribution is -2.25. The smallest absolute Gasteiger partial charge is 0.254 e. The second-order valence-electron chi connectivity index (χ2n) is 5.55. The molecule has 1 heterocycles. The number of anilines is 1. The maximum absolute atomic E-state index is 12.2. The minimum absolute atomic E-state index is 0.125. The van der Waals surface area contributed by atoms with Gasteiger partial charge in [0.1, 0.15) is 0 Å². The van der Waals surface area contributed by atoms with Crippen LogP contribution in [0.1, 0.15) is 16.8 Å². The molecule has 0 bridgehead atoms. The normalized spacial score (nSPS) is 10.4. The van der Waals surface area contributed by atoms with Crippen molar-refractivity contribution in [1.29, 1.82) is 0 Å². The van der Waals surface area contributed by atoms with Crippen molar-refractivity contribution < 1.29 is 4.79 Å². The number of halogens is 1. The first-order valence-electron chi connectivity index (χ1n) is 8.10. The van der Waals surface area contributed by atoms with Crippen LogP contribution in [-0.2, 0) is 0 Å². The van der Waals surface area contributed by atoms with E-state index < -0.39 is 0 Å². The lowest BCUT2D eigenvalue weighted by molar-refractivity contribution is 0.0953. The number of rotatable bonds is 7. The lowest BCUT2D eigenvalue weighted by atomic mass is 10.3. The molecule has 6 heteroatoms. The fourth-order valence-electron chi connectivity index (χ4n) is 2.36. The number of para-hydroxylation sites is 1.